The molecule has 1 heterocycles. The first-order chi connectivity index (χ1) is 9.66. The molecule has 1 aliphatic heterocycles. The van der Waals surface area contributed by atoms with Crippen molar-refractivity contribution >= 4 is 5.78 Å². The zero-order chi connectivity index (χ0) is 14.1. The average Bonchev–Trinajstić information content (AvgIpc) is 2.46. The third-order valence-corrected chi connectivity index (χ3v) is 3.51. The molecule has 0 atom stereocenters. The summed E-state index contributed by atoms with van der Waals surface area (Å²) in [6.07, 6.45) is 0. The molecule has 102 valence electrons. The summed E-state index contributed by atoms with van der Waals surface area (Å²) < 4.78 is 11.0. The lowest BCUT2D eigenvalue weighted by Gasteiger charge is -2.19. The van der Waals surface area contributed by atoms with E-state index in [1.807, 2.05) is 32.0 Å². The Morgan fingerprint density at radius 2 is 1.60 bits per heavy atom. The van der Waals surface area contributed by atoms with E-state index in [1.54, 1.807) is 18.2 Å². The molecular formula is C17H16O3. The monoisotopic (exact) mass is 268 g/mol. The molecule has 3 rings (SSSR count). The third-order valence-electron chi connectivity index (χ3n) is 3.51. The van der Waals surface area contributed by atoms with Gasteiger partial charge in [0.15, 0.2) is 17.3 Å². The van der Waals surface area contributed by atoms with E-state index in [1.165, 1.54) is 0 Å². The van der Waals surface area contributed by atoms with Crippen LogP contribution in [0.5, 0.6) is 11.5 Å². The summed E-state index contributed by atoms with van der Waals surface area (Å²) in [6.45, 7) is 4.99. The van der Waals surface area contributed by atoms with Crippen LogP contribution in [0, 0.1) is 13.8 Å². The fourth-order valence-corrected chi connectivity index (χ4v) is 2.50. The summed E-state index contributed by atoms with van der Waals surface area (Å²) in [5.41, 5.74) is 3.38. The normalized spacial score (nSPS) is 13.1. The second-order valence-corrected chi connectivity index (χ2v) is 4.95. The van der Waals surface area contributed by atoms with Crippen LogP contribution in [-0.2, 0) is 0 Å². The van der Waals surface area contributed by atoms with Crippen LogP contribution < -0.4 is 9.47 Å². The van der Waals surface area contributed by atoms with Crippen molar-refractivity contribution in [1.82, 2.24) is 0 Å². The van der Waals surface area contributed by atoms with Gasteiger partial charge in [0.25, 0.3) is 0 Å². The summed E-state index contributed by atoms with van der Waals surface area (Å²) in [6, 6.07) is 11.2. The lowest BCUT2D eigenvalue weighted by molar-refractivity contribution is 0.103. The number of hydrogen-bond acceptors (Lipinski definition) is 3. The lowest BCUT2D eigenvalue weighted by Crippen LogP contribution is -2.16. The van der Waals surface area contributed by atoms with Crippen molar-refractivity contribution in [3.8, 4) is 11.5 Å². The Morgan fingerprint density at radius 3 is 2.30 bits per heavy atom. The molecule has 0 saturated heterocycles. The second kappa shape index (κ2) is 5.00. The maximum Gasteiger partial charge on any atom is 0.193 e. The zero-order valence-corrected chi connectivity index (χ0v) is 11.6. The zero-order valence-electron chi connectivity index (χ0n) is 11.6. The number of fused-ring (bicyclic) bond motifs is 1. The van der Waals surface area contributed by atoms with Gasteiger partial charge in [-0.3, -0.25) is 4.79 Å². The molecule has 2 aromatic rings. The van der Waals surface area contributed by atoms with Gasteiger partial charge in [-0.1, -0.05) is 18.2 Å². The average molecular weight is 268 g/mol. The number of benzene rings is 2. The van der Waals surface area contributed by atoms with Crippen LogP contribution in [0.2, 0.25) is 0 Å². The standard InChI is InChI=1S/C17H16O3/c1-11-4-3-5-12(2)16(11)17(18)13-6-7-14-15(10-13)20-9-8-19-14/h3-7,10H,8-9H2,1-2H3. The minimum atomic E-state index is 0.0255. The van der Waals surface area contributed by atoms with E-state index in [4.69, 9.17) is 9.47 Å². The number of hydrogen-bond donors (Lipinski definition) is 0. The molecule has 0 bridgehead atoms. The van der Waals surface area contributed by atoms with Crippen molar-refractivity contribution in [2.24, 2.45) is 0 Å². The Morgan fingerprint density at radius 1 is 0.950 bits per heavy atom. The Labute approximate surface area is 118 Å². The van der Waals surface area contributed by atoms with Crippen LogP contribution in [0.15, 0.2) is 36.4 Å². The minimum Gasteiger partial charge on any atom is -0.486 e. The number of rotatable bonds is 2. The van der Waals surface area contributed by atoms with Gasteiger partial charge in [-0.15, -0.1) is 0 Å². The quantitative estimate of drug-likeness (QED) is 0.784. The highest BCUT2D eigenvalue weighted by atomic mass is 16.6. The van der Waals surface area contributed by atoms with Crippen LogP contribution in [0.4, 0.5) is 0 Å². The molecule has 3 nitrogen and oxygen atoms in total. The highest BCUT2D eigenvalue weighted by molar-refractivity contribution is 6.11. The molecule has 0 N–H and O–H groups in total. The Kier molecular flexibility index (Phi) is 3.18. The second-order valence-electron chi connectivity index (χ2n) is 4.95. The molecule has 0 fully saturated rings. The van der Waals surface area contributed by atoms with Gasteiger partial charge in [0.2, 0.25) is 0 Å². The Hall–Kier alpha value is -2.29. The van der Waals surface area contributed by atoms with Crippen LogP contribution in [0.3, 0.4) is 0 Å². The molecule has 2 aromatic carbocycles. The lowest BCUT2D eigenvalue weighted by atomic mass is 9.95. The minimum absolute atomic E-state index is 0.0255. The number of carbonyl (C=O) groups excluding carboxylic acids is 1. The van der Waals surface area contributed by atoms with E-state index < -0.39 is 0 Å². The third kappa shape index (κ3) is 2.16. The van der Waals surface area contributed by atoms with Crippen LogP contribution in [0.1, 0.15) is 27.0 Å². The van der Waals surface area contributed by atoms with Crippen molar-refractivity contribution in [1.29, 1.82) is 0 Å². The largest absolute Gasteiger partial charge is 0.486 e. The summed E-state index contributed by atoms with van der Waals surface area (Å²) in [5.74, 6) is 1.38. The van der Waals surface area contributed by atoms with Crippen molar-refractivity contribution in [2.45, 2.75) is 13.8 Å². The Balaban J connectivity index is 2.03. The molecule has 0 spiro atoms. The maximum atomic E-state index is 12.7. The first-order valence-corrected chi connectivity index (χ1v) is 6.67. The molecule has 1 aliphatic rings. The number of ketones is 1. The van der Waals surface area contributed by atoms with Gasteiger partial charge >= 0.3 is 0 Å². The summed E-state index contributed by atoms with van der Waals surface area (Å²) in [4.78, 5) is 12.7. The van der Waals surface area contributed by atoms with E-state index >= 15 is 0 Å². The predicted octanol–water partition coefficient (Wildman–Crippen LogP) is 3.31. The fraction of sp³-hybridized carbons (Fsp3) is 0.235. The van der Waals surface area contributed by atoms with E-state index in [2.05, 4.69) is 0 Å². The number of aryl methyl sites for hydroxylation is 2. The predicted molar refractivity (Wildman–Crippen MR) is 76.8 cm³/mol. The van der Waals surface area contributed by atoms with Crippen LogP contribution in [0.25, 0.3) is 0 Å². The molecule has 0 saturated carbocycles. The molecule has 0 aromatic heterocycles. The van der Waals surface area contributed by atoms with E-state index in [0.717, 1.165) is 16.7 Å². The first-order valence-electron chi connectivity index (χ1n) is 6.67. The van der Waals surface area contributed by atoms with Gasteiger partial charge in [-0.25, -0.2) is 0 Å². The SMILES string of the molecule is Cc1cccc(C)c1C(=O)c1ccc2c(c1)OCCO2. The highest BCUT2D eigenvalue weighted by Crippen LogP contribution is 2.32. The maximum absolute atomic E-state index is 12.7. The van der Waals surface area contributed by atoms with Gasteiger partial charge in [0.1, 0.15) is 13.2 Å². The molecular weight excluding hydrogens is 252 g/mol. The fourth-order valence-electron chi connectivity index (χ4n) is 2.50. The van der Waals surface area contributed by atoms with Gasteiger partial charge in [-0.2, -0.15) is 0 Å². The molecule has 3 heteroatoms. The van der Waals surface area contributed by atoms with Gasteiger partial charge < -0.3 is 9.47 Å². The van der Waals surface area contributed by atoms with E-state index in [0.29, 0.717) is 30.3 Å². The van der Waals surface area contributed by atoms with Gasteiger partial charge in [-0.05, 0) is 43.2 Å². The highest BCUT2D eigenvalue weighted by Gasteiger charge is 2.18. The van der Waals surface area contributed by atoms with Crippen molar-refractivity contribution < 1.29 is 14.3 Å². The summed E-state index contributed by atoms with van der Waals surface area (Å²) in [7, 11) is 0. The molecule has 20 heavy (non-hydrogen) atoms. The smallest absolute Gasteiger partial charge is 0.193 e. The Bertz CT molecular complexity index is 654. The molecule has 0 amide bonds. The molecule has 0 radical (unpaired) electrons. The van der Waals surface area contributed by atoms with Crippen molar-refractivity contribution in [3.05, 3.63) is 58.7 Å². The summed E-state index contributed by atoms with van der Waals surface area (Å²) in [5, 5.41) is 0. The molecule has 0 aliphatic carbocycles. The molecule has 0 unspecified atom stereocenters. The number of carbonyl (C=O) groups is 1. The van der Waals surface area contributed by atoms with Crippen LogP contribution in [-0.4, -0.2) is 19.0 Å². The van der Waals surface area contributed by atoms with E-state index in [-0.39, 0.29) is 5.78 Å². The number of ether oxygens (including phenoxy) is 2. The van der Waals surface area contributed by atoms with Crippen LogP contribution >= 0.6 is 0 Å². The van der Waals surface area contributed by atoms with Crippen molar-refractivity contribution in [2.75, 3.05) is 13.2 Å². The first kappa shape index (κ1) is 12.7. The summed E-state index contributed by atoms with van der Waals surface area (Å²) >= 11 is 0. The van der Waals surface area contributed by atoms with Gasteiger partial charge in [0.05, 0.1) is 0 Å². The topological polar surface area (TPSA) is 35.5 Å². The van der Waals surface area contributed by atoms with Gasteiger partial charge in [0, 0.05) is 11.1 Å². The van der Waals surface area contributed by atoms with Crippen molar-refractivity contribution in [3.63, 3.8) is 0 Å². The van der Waals surface area contributed by atoms with E-state index in [9.17, 15) is 4.79 Å².